The Hall–Kier alpha value is 0.0600. The lowest BCUT2D eigenvalue weighted by atomic mass is 10.1. The third kappa shape index (κ3) is 6.36. The molecule has 1 rings (SSSR count). The first kappa shape index (κ1) is 17.1. The highest BCUT2D eigenvalue weighted by Crippen LogP contribution is 2.30. The van der Waals surface area contributed by atoms with Gasteiger partial charge >= 0.3 is 0 Å². The Labute approximate surface area is 128 Å². The first-order valence-electron chi connectivity index (χ1n) is 6.87. The van der Waals surface area contributed by atoms with E-state index in [2.05, 4.69) is 41.2 Å². The summed E-state index contributed by atoms with van der Waals surface area (Å²) in [7, 11) is 0. The molecular weight excluding hydrogens is 326 g/mol. The molecule has 2 unspecified atom stereocenters. The van der Waals surface area contributed by atoms with Crippen LogP contribution in [-0.2, 0) is 9.47 Å². The SMILES string of the molecule is CCCCOCCOC(c1cc(Br)cs1)C(N)CC. The monoisotopic (exact) mass is 349 g/mol. The zero-order chi connectivity index (χ0) is 14.1. The lowest BCUT2D eigenvalue weighted by molar-refractivity contribution is -0.00666. The molecule has 0 amide bonds. The van der Waals surface area contributed by atoms with Gasteiger partial charge in [0.2, 0.25) is 0 Å². The number of hydrogen-bond acceptors (Lipinski definition) is 4. The molecule has 0 aliphatic carbocycles. The summed E-state index contributed by atoms with van der Waals surface area (Å²) in [5, 5.41) is 2.06. The molecule has 1 aromatic heterocycles. The summed E-state index contributed by atoms with van der Waals surface area (Å²) in [5.41, 5.74) is 6.15. The number of thiophene rings is 1. The second-order valence-corrected chi connectivity index (χ2v) is 6.36. The molecule has 0 fully saturated rings. The first-order chi connectivity index (χ1) is 9.19. The van der Waals surface area contributed by atoms with Gasteiger partial charge in [-0.2, -0.15) is 0 Å². The molecule has 0 spiro atoms. The van der Waals surface area contributed by atoms with E-state index in [1.54, 1.807) is 11.3 Å². The Morgan fingerprint density at radius 3 is 2.68 bits per heavy atom. The summed E-state index contributed by atoms with van der Waals surface area (Å²) >= 11 is 5.15. The topological polar surface area (TPSA) is 44.5 Å². The first-order valence-corrected chi connectivity index (χ1v) is 8.55. The van der Waals surface area contributed by atoms with Crippen molar-refractivity contribution >= 4 is 27.3 Å². The molecule has 1 aromatic rings. The maximum atomic E-state index is 6.15. The van der Waals surface area contributed by atoms with Crippen molar-refractivity contribution in [3.63, 3.8) is 0 Å². The zero-order valence-electron chi connectivity index (χ0n) is 11.7. The molecule has 0 saturated heterocycles. The molecule has 110 valence electrons. The summed E-state index contributed by atoms with van der Waals surface area (Å²) < 4.78 is 12.5. The predicted octanol–water partition coefficient (Wildman–Crippen LogP) is 4.12. The highest BCUT2D eigenvalue weighted by molar-refractivity contribution is 9.10. The summed E-state index contributed by atoms with van der Waals surface area (Å²) in [5.74, 6) is 0. The van der Waals surface area contributed by atoms with Gasteiger partial charge in [0.05, 0.1) is 13.2 Å². The van der Waals surface area contributed by atoms with E-state index >= 15 is 0 Å². The normalized spacial score (nSPS) is 14.5. The van der Waals surface area contributed by atoms with Crippen molar-refractivity contribution in [2.24, 2.45) is 5.73 Å². The molecule has 0 bridgehead atoms. The van der Waals surface area contributed by atoms with Gasteiger partial charge < -0.3 is 15.2 Å². The molecule has 0 aliphatic rings. The smallest absolute Gasteiger partial charge is 0.107 e. The van der Waals surface area contributed by atoms with Crippen molar-refractivity contribution in [1.29, 1.82) is 0 Å². The van der Waals surface area contributed by atoms with E-state index in [-0.39, 0.29) is 12.1 Å². The van der Waals surface area contributed by atoms with E-state index in [1.165, 1.54) is 4.88 Å². The van der Waals surface area contributed by atoms with E-state index in [4.69, 9.17) is 15.2 Å². The molecule has 2 N–H and O–H groups in total. The molecule has 0 aromatic carbocycles. The van der Waals surface area contributed by atoms with Crippen molar-refractivity contribution in [3.05, 3.63) is 20.8 Å². The van der Waals surface area contributed by atoms with Crippen LogP contribution in [-0.4, -0.2) is 25.9 Å². The van der Waals surface area contributed by atoms with Crippen LogP contribution in [0.2, 0.25) is 0 Å². The average Bonchev–Trinajstić information content (AvgIpc) is 2.83. The molecule has 5 heteroatoms. The number of nitrogens with two attached hydrogens (primary N) is 1. The highest BCUT2D eigenvalue weighted by atomic mass is 79.9. The van der Waals surface area contributed by atoms with E-state index < -0.39 is 0 Å². The van der Waals surface area contributed by atoms with Gasteiger partial charge in [-0.15, -0.1) is 11.3 Å². The third-order valence-corrected chi connectivity index (χ3v) is 4.65. The van der Waals surface area contributed by atoms with Gasteiger partial charge in [-0.1, -0.05) is 20.3 Å². The standard InChI is InChI=1S/C14H24BrNO2S/c1-3-5-6-17-7-8-18-14(12(16)4-2)13-9-11(15)10-19-13/h9-10,12,14H,3-8,16H2,1-2H3. The van der Waals surface area contributed by atoms with Crippen molar-refractivity contribution in [2.45, 2.75) is 45.3 Å². The van der Waals surface area contributed by atoms with Gasteiger partial charge in [0.25, 0.3) is 0 Å². The number of ether oxygens (including phenoxy) is 2. The van der Waals surface area contributed by atoms with Gasteiger partial charge in [0.15, 0.2) is 0 Å². The van der Waals surface area contributed by atoms with Crippen molar-refractivity contribution in [2.75, 3.05) is 19.8 Å². The summed E-state index contributed by atoms with van der Waals surface area (Å²) in [6, 6.07) is 2.11. The number of unbranched alkanes of at least 4 members (excludes halogenated alkanes) is 1. The minimum Gasteiger partial charge on any atom is -0.379 e. The van der Waals surface area contributed by atoms with Gasteiger partial charge in [-0.05, 0) is 34.8 Å². The Balaban J connectivity index is 2.39. The van der Waals surface area contributed by atoms with E-state index in [0.717, 1.165) is 30.3 Å². The fourth-order valence-corrected chi connectivity index (χ4v) is 3.26. The predicted molar refractivity (Wildman–Crippen MR) is 84.7 cm³/mol. The van der Waals surface area contributed by atoms with Gasteiger partial charge in [-0.3, -0.25) is 0 Å². The van der Waals surface area contributed by atoms with Crippen molar-refractivity contribution < 1.29 is 9.47 Å². The number of hydrogen-bond donors (Lipinski definition) is 1. The van der Waals surface area contributed by atoms with Crippen LogP contribution < -0.4 is 5.73 Å². The van der Waals surface area contributed by atoms with Crippen LogP contribution in [0.4, 0.5) is 0 Å². The van der Waals surface area contributed by atoms with Crippen LogP contribution in [0.3, 0.4) is 0 Å². The molecule has 1 heterocycles. The Kier molecular flexibility index (Phi) is 8.90. The van der Waals surface area contributed by atoms with Crippen molar-refractivity contribution in [3.8, 4) is 0 Å². The fourth-order valence-electron chi connectivity index (χ4n) is 1.69. The molecular formula is C14H24BrNO2S. The van der Waals surface area contributed by atoms with E-state index in [1.807, 2.05) is 0 Å². The largest absolute Gasteiger partial charge is 0.379 e. The molecule has 0 saturated carbocycles. The minimum absolute atomic E-state index is 0.0289. The van der Waals surface area contributed by atoms with Crippen molar-refractivity contribution in [1.82, 2.24) is 0 Å². The van der Waals surface area contributed by atoms with Gasteiger partial charge in [0, 0.05) is 27.4 Å². The van der Waals surface area contributed by atoms with Gasteiger partial charge in [0.1, 0.15) is 6.10 Å². The summed E-state index contributed by atoms with van der Waals surface area (Å²) in [6.07, 6.45) is 3.14. The Morgan fingerprint density at radius 1 is 1.32 bits per heavy atom. The number of rotatable bonds is 10. The third-order valence-electron chi connectivity index (χ3n) is 2.90. The minimum atomic E-state index is -0.0314. The lowest BCUT2D eigenvalue weighted by Crippen LogP contribution is -2.29. The molecule has 19 heavy (non-hydrogen) atoms. The van der Waals surface area contributed by atoms with E-state index in [9.17, 15) is 0 Å². The van der Waals surface area contributed by atoms with Crippen LogP contribution in [0.1, 0.15) is 44.1 Å². The van der Waals surface area contributed by atoms with Crippen LogP contribution in [0.25, 0.3) is 0 Å². The summed E-state index contributed by atoms with van der Waals surface area (Å²) in [4.78, 5) is 1.18. The molecule has 0 aliphatic heterocycles. The van der Waals surface area contributed by atoms with E-state index in [0.29, 0.717) is 13.2 Å². The Bertz CT molecular complexity index is 346. The molecule has 3 nitrogen and oxygen atoms in total. The van der Waals surface area contributed by atoms with Crippen LogP contribution in [0.15, 0.2) is 15.9 Å². The zero-order valence-corrected chi connectivity index (χ0v) is 14.1. The Morgan fingerprint density at radius 2 is 2.11 bits per heavy atom. The maximum absolute atomic E-state index is 6.15. The second kappa shape index (κ2) is 9.88. The van der Waals surface area contributed by atoms with Gasteiger partial charge in [-0.25, -0.2) is 0 Å². The second-order valence-electron chi connectivity index (χ2n) is 4.50. The van der Waals surface area contributed by atoms with Crippen LogP contribution >= 0.6 is 27.3 Å². The highest BCUT2D eigenvalue weighted by Gasteiger charge is 2.20. The quantitative estimate of drug-likeness (QED) is 0.646. The summed E-state index contributed by atoms with van der Waals surface area (Å²) in [6.45, 7) is 6.29. The molecule has 0 radical (unpaired) electrons. The number of halogens is 1. The maximum Gasteiger partial charge on any atom is 0.107 e. The van der Waals surface area contributed by atoms with Crippen LogP contribution in [0.5, 0.6) is 0 Å². The van der Waals surface area contributed by atoms with Crippen LogP contribution in [0, 0.1) is 0 Å². The average molecular weight is 350 g/mol. The molecule has 2 atom stereocenters. The lowest BCUT2D eigenvalue weighted by Gasteiger charge is -2.22. The fraction of sp³-hybridized carbons (Fsp3) is 0.714.